The fourth-order valence-electron chi connectivity index (χ4n) is 3.01. The standard InChI is InChI=1S/C19H13N7O3S/c27-17-8-29-16-6-5-11(7-13(16)21-17)14-9-30-19(22-14)23-18(28)12-3-1-2-4-15(12)26-10-20-24-25-26/h1-7,9-10H,8H2,(H,21,27)(H,22,23,28). The molecule has 2 aromatic heterocycles. The number of hydrogen-bond acceptors (Lipinski definition) is 8. The second kappa shape index (κ2) is 7.37. The largest absolute Gasteiger partial charge is 0.482 e. The van der Waals surface area contributed by atoms with Gasteiger partial charge in [0.1, 0.15) is 12.1 Å². The number of hydrogen-bond donors (Lipinski definition) is 2. The maximum Gasteiger partial charge on any atom is 0.262 e. The molecule has 10 nitrogen and oxygen atoms in total. The molecule has 2 amide bonds. The fraction of sp³-hybridized carbons (Fsp3) is 0.0526. The minimum atomic E-state index is -0.326. The summed E-state index contributed by atoms with van der Waals surface area (Å²) in [5.74, 6) is 0.0848. The molecule has 0 atom stereocenters. The molecule has 3 heterocycles. The van der Waals surface area contributed by atoms with Crippen molar-refractivity contribution < 1.29 is 14.3 Å². The molecule has 0 saturated heterocycles. The Labute approximate surface area is 173 Å². The van der Waals surface area contributed by atoms with Crippen molar-refractivity contribution in [3.63, 3.8) is 0 Å². The first-order valence-electron chi connectivity index (χ1n) is 8.84. The number of para-hydroxylation sites is 1. The Kier molecular flexibility index (Phi) is 4.41. The van der Waals surface area contributed by atoms with E-state index in [0.717, 1.165) is 5.56 Å². The van der Waals surface area contributed by atoms with Crippen molar-refractivity contribution in [2.24, 2.45) is 0 Å². The number of benzene rings is 2. The Morgan fingerprint density at radius 3 is 3.00 bits per heavy atom. The SMILES string of the molecule is O=C1COc2ccc(-c3csc(NC(=O)c4ccccc4-n4cnnn4)n3)cc2N1. The number of thiazole rings is 1. The second-order valence-corrected chi connectivity index (χ2v) is 7.17. The van der Waals surface area contributed by atoms with Crippen LogP contribution in [-0.4, -0.2) is 43.6 Å². The summed E-state index contributed by atoms with van der Waals surface area (Å²) in [7, 11) is 0. The van der Waals surface area contributed by atoms with Crippen molar-refractivity contribution in [1.82, 2.24) is 25.2 Å². The van der Waals surface area contributed by atoms with Crippen LogP contribution in [0.15, 0.2) is 54.2 Å². The van der Waals surface area contributed by atoms with Crippen LogP contribution in [0.1, 0.15) is 10.4 Å². The van der Waals surface area contributed by atoms with Gasteiger partial charge in [0.15, 0.2) is 11.7 Å². The molecular weight excluding hydrogens is 406 g/mol. The molecule has 0 radical (unpaired) electrons. The van der Waals surface area contributed by atoms with E-state index in [9.17, 15) is 9.59 Å². The molecule has 1 aliphatic heterocycles. The van der Waals surface area contributed by atoms with Crippen LogP contribution in [0.4, 0.5) is 10.8 Å². The average Bonchev–Trinajstić information content (AvgIpc) is 3.45. The third kappa shape index (κ3) is 3.37. The van der Waals surface area contributed by atoms with E-state index in [4.69, 9.17) is 4.74 Å². The van der Waals surface area contributed by atoms with Crippen LogP contribution >= 0.6 is 11.3 Å². The Hall–Kier alpha value is -4.12. The van der Waals surface area contributed by atoms with E-state index in [1.165, 1.54) is 22.3 Å². The van der Waals surface area contributed by atoms with E-state index in [0.29, 0.717) is 33.5 Å². The van der Waals surface area contributed by atoms with E-state index in [2.05, 4.69) is 31.1 Å². The van der Waals surface area contributed by atoms with Gasteiger partial charge in [-0.15, -0.1) is 16.4 Å². The second-order valence-electron chi connectivity index (χ2n) is 6.31. The van der Waals surface area contributed by atoms with Gasteiger partial charge in [-0.25, -0.2) is 4.98 Å². The van der Waals surface area contributed by atoms with Gasteiger partial charge < -0.3 is 10.1 Å². The number of carbonyl (C=O) groups excluding carboxylic acids is 2. The highest BCUT2D eigenvalue weighted by Gasteiger charge is 2.18. The van der Waals surface area contributed by atoms with Gasteiger partial charge in [0.2, 0.25) is 0 Å². The maximum atomic E-state index is 12.8. The minimum Gasteiger partial charge on any atom is -0.482 e. The highest BCUT2D eigenvalue weighted by molar-refractivity contribution is 7.14. The summed E-state index contributed by atoms with van der Waals surface area (Å²) >= 11 is 1.30. The Bertz CT molecular complexity index is 1250. The Morgan fingerprint density at radius 1 is 1.23 bits per heavy atom. The molecule has 4 aromatic rings. The molecule has 0 unspecified atom stereocenters. The summed E-state index contributed by atoms with van der Waals surface area (Å²) < 4.78 is 6.79. The normalized spacial score (nSPS) is 12.6. The number of nitrogens with zero attached hydrogens (tertiary/aromatic N) is 5. The molecule has 1 aliphatic rings. The zero-order valence-electron chi connectivity index (χ0n) is 15.3. The molecule has 0 saturated carbocycles. The number of tetrazole rings is 1. The number of anilines is 2. The fourth-order valence-corrected chi connectivity index (χ4v) is 3.72. The number of carbonyl (C=O) groups is 2. The van der Waals surface area contributed by atoms with E-state index in [1.807, 2.05) is 11.4 Å². The number of rotatable bonds is 4. The quantitative estimate of drug-likeness (QED) is 0.520. The summed E-state index contributed by atoms with van der Waals surface area (Å²) in [6.45, 7) is 0.00532. The molecule has 0 fully saturated rings. The van der Waals surface area contributed by atoms with Crippen LogP contribution in [0.3, 0.4) is 0 Å². The van der Waals surface area contributed by atoms with Crippen LogP contribution in [0, 0.1) is 0 Å². The van der Waals surface area contributed by atoms with Gasteiger partial charge in [-0.3, -0.25) is 14.9 Å². The van der Waals surface area contributed by atoms with Gasteiger partial charge in [0.05, 0.1) is 22.6 Å². The van der Waals surface area contributed by atoms with Gasteiger partial charge >= 0.3 is 0 Å². The average molecular weight is 419 g/mol. The van der Waals surface area contributed by atoms with Gasteiger partial charge in [0, 0.05) is 10.9 Å². The van der Waals surface area contributed by atoms with Gasteiger partial charge in [-0.1, -0.05) is 12.1 Å². The molecule has 0 aliphatic carbocycles. The highest BCUT2D eigenvalue weighted by Crippen LogP contribution is 2.34. The van der Waals surface area contributed by atoms with Gasteiger partial charge in [-0.05, 0) is 40.8 Å². The Balaban J connectivity index is 1.38. The molecule has 5 rings (SSSR count). The molecule has 148 valence electrons. The molecule has 0 spiro atoms. The minimum absolute atomic E-state index is 0.00532. The summed E-state index contributed by atoms with van der Waals surface area (Å²) in [5.41, 5.74) is 3.03. The van der Waals surface area contributed by atoms with E-state index < -0.39 is 0 Å². The maximum absolute atomic E-state index is 12.8. The van der Waals surface area contributed by atoms with E-state index >= 15 is 0 Å². The van der Waals surface area contributed by atoms with E-state index in [1.54, 1.807) is 36.4 Å². The zero-order chi connectivity index (χ0) is 20.5. The lowest BCUT2D eigenvalue weighted by atomic mass is 10.1. The van der Waals surface area contributed by atoms with Crippen molar-refractivity contribution >= 4 is 34.0 Å². The number of aromatic nitrogens is 5. The third-order valence-corrected chi connectivity index (χ3v) is 5.14. The number of fused-ring (bicyclic) bond motifs is 1. The van der Waals surface area contributed by atoms with Crippen molar-refractivity contribution in [2.75, 3.05) is 17.2 Å². The molecule has 11 heteroatoms. The lowest BCUT2D eigenvalue weighted by Gasteiger charge is -2.18. The lowest BCUT2D eigenvalue weighted by molar-refractivity contribution is -0.118. The van der Waals surface area contributed by atoms with Crippen molar-refractivity contribution in [3.05, 3.63) is 59.7 Å². The molecule has 2 N–H and O–H groups in total. The molecular formula is C19H13N7O3S. The first-order valence-corrected chi connectivity index (χ1v) is 9.72. The number of amides is 2. The van der Waals surface area contributed by atoms with Crippen molar-refractivity contribution in [3.8, 4) is 22.7 Å². The highest BCUT2D eigenvalue weighted by atomic mass is 32.1. The summed E-state index contributed by atoms with van der Waals surface area (Å²) in [6, 6.07) is 12.4. The Morgan fingerprint density at radius 2 is 2.13 bits per heavy atom. The summed E-state index contributed by atoms with van der Waals surface area (Å²) in [4.78, 5) is 28.8. The van der Waals surface area contributed by atoms with Gasteiger partial charge in [-0.2, -0.15) is 4.68 Å². The van der Waals surface area contributed by atoms with Gasteiger partial charge in [0.25, 0.3) is 11.8 Å². The smallest absolute Gasteiger partial charge is 0.262 e. The third-order valence-electron chi connectivity index (χ3n) is 4.38. The number of nitrogens with one attached hydrogen (secondary N) is 2. The van der Waals surface area contributed by atoms with Crippen LogP contribution < -0.4 is 15.4 Å². The van der Waals surface area contributed by atoms with Crippen molar-refractivity contribution in [1.29, 1.82) is 0 Å². The van der Waals surface area contributed by atoms with Crippen LogP contribution in [0.5, 0.6) is 5.75 Å². The van der Waals surface area contributed by atoms with Crippen LogP contribution in [-0.2, 0) is 4.79 Å². The van der Waals surface area contributed by atoms with Crippen LogP contribution in [0.25, 0.3) is 16.9 Å². The predicted octanol–water partition coefficient (Wildman–Crippen LogP) is 2.37. The molecule has 0 bridgehead atoms. The molecule has 2 aromatic carbocycles. The van der Waals surface area contributed by atoms with Crippen LogP contribution in [0.2, 0.25) is 0 Å². The van der Waals surface area contributed by atoms with E-state index in [-0.39, 0.29) is 18.4 Å². The topological polar surface area (TPSA) is 124 Å². The number of ether oxygens (including phenoxy) is 1. The first-order chi connectivity index (χ1) is 14.7. The molecule has 30 heavy (non-hydrogen) atoms. The summed E-state index contributed by atoms with van der Waals surface area (Å²) in [5, 5.41) is 18.9. The monoisotopic (exact) mass is 419 g/mol. The lowest BCUT2D eigenvalue weighted by Crippen LogP contribution is -2.25. The summed E-state index contributed by atoms with van der Waals surface area (Å²) in [6.07, 6.45) is 1.42. The van der Waals surface area contributed by atoms with Crippen molar-refractivity contribution in [2.45, 2.75) is 0 Å². The first kappa shape index (κ1) is 17.9. The zero-order valence-corrected chi connectivity index (χ0v) is 16.1. The predicted molar refractivity (Wildman–Crippen MR) is 109 cm³/mol.